The second-order valence-corrected chi connectivity index (χ2v) is 5.37. The summed E-state index contributed by atoms with van der Waals surface area (Å²) in [7, 11) is 0. The summed E-state index contributed by atoms with van der Waals surface area (Å²) in [5.74, 6) is 1.41. The van der Waals surface area contributed by atoms with Crippen molar-refractivity contribution in [2.24, 2.45) is 0 Å². The van der Waals surface area contributed by atoms with Crippen LogP contribution in [0.1, 0.15) is 36.2 Å². The summed E-state index contributed by atoms with van der Waals surface area (Å²) in [6.45, 7) is 7.06. The van der Waals surface area contributed by atoms with Gasteiger partial charge in [0.15, 0.2) is 5.82 Å². The number of benzene rings is 1. The molecule has 1 aromatic heterocycles. The SMILES string of the molecule is Cc1cccc(CCC(C)NCCc2nc(C)no2)c1. The van der Waals surface area contributed by atoms with E-state index in [4.69, 9.17) is 4.52 Å². The third kappa shape index (κ3) is 4.78. The Bertz CT molecular complexity index is 536. The molecule has 1 atom stereocenters. The van der Waals surface area contributed by atoms with Crippen molar-refractivity contribution in [1.29, 1.82) is 0 Å². The maximum atomic E-state index is 5.09. The lowest BCUT2D eigenvalue weighted by Crippen LogP contribution is -2.28. The second kappa shape index (κ2) is 7.20. The van der Waals surface area contributed by atoms with Gasteiger partial charge in [0.25, 0.3) is 0 Å². The van der Waals surface area contributed by atoms with Gasteiger partial charge in [0.1, 0.15) is 0 Å². The molecule has 0 aliphatic heterocycles. The van der Waals surface area contributed by atoms with Crippen LogP contribution in [0.25, 0.3) is 0 Å². The molecule has 4 heteroatoms. The molecule has 0 spiro atoms. The van der Waals surface area contributed by atoms with Gasteiger partial charge in [0.2, 0.25) is 5.89 Å². The topological polar surface area (TPSA) is 51.0 Å². The van der Waals surface area contributed by atoms with Crippen molar-refractivity contribution in [2.75, 3.05) is 6.54 Å². The van der Waals surface area contributed by atoms with Crippen LogP contribution in [-0.2, 0) is 12.8 Å². The zero-order valence-electron chi connectivity index (χ0n) is 12.5. The number of aryl methyl sites for hydroxylation is 3. The molecule has 0 amide bonds. The fourth-order valence-corrected chi connectivity index (χ4v) is 2.22. The summed E-state index contributed by atoms with van der Waals surface area (Å²) < 4.78 is 5.09. The van der Waals surface area contributed by atoms with Crippen LogP contribution < -0.4 is 5.32 Å². The number of nitrogens with zero attached hydrogens (tertiary/aromatic N) is 2. The number of hydrogen-bond donors (Lipinski definition) is 1. The minimum absolute atomic E-state index is 0.486. The lowest BCUT2D eigenvalue weighted by atomic mass is 10.0. The highest BCUT2D eigenvalue weighted by molar-refractivity contribution is 5.22. The maximum Gasteiger partial charge on any atom is 0.227 e. The van der Waals surface area contributed by atoms with Gasteiger partial charge < -0.3 is 9.84 Å². The summed E-state index contributed by atoms with van der Waals surface area (Å²) in [4.78, 5) is 4.19. The fourth-order valence-electron chi connectivity index (χ4n) is 2.22. The third-order valence-corrected chi connectivity index (χ3v) is 3.35. The van der Waals surface area contributed by atoms with Gasteiger partial charge in [-0.05, 0) is 39.2 Å². The first-order chi connectivity index (χ1) is 9.63. The summed E-state index contributed by atoms with van der Waals surface area (Å²) in [5.41, 5.74) is 2.74. The molecule has 2 rings (SSSR count). The lowest BCUT2D eigenvalue weighted by molar-refractivity contribution is 0.369. The maximum absolute atomic E-state index is 5.09. The molecule has 1 N–H and O–H groups in total. The monoisotopic (exact) mass is 273 g/mol. The number of aromatic nitrogens is 2. The summed E-state index contributed by atoms with van der Waals surface area (Å²) >= 11 is 0. The molecular formula is C16H23N3O. The van der Waals surface area contributed by atoms with Crippen LogP contribution in [0, 0.1) is 13.8 Å². The van der Waals surface area contributed by atoms with E-state index in [2.05, 4.69) is 53.6 Å². The minimum atomic E-state index is 0.486. The first-order valence-electron chi connectivity index (χ1n) is 7.21. The Kier molecular flexibility index (Phi) is 5.30. The smallest absolute Gasteiger partial charge is 0.227 e. The van der Waals surface area contributed by atoms with Crippen LogP contribution in [-0.4, -0.2) is 22.7 Å². The number of hydrogen-bond acceptors (Lipinski definition) is 4. The standard InChI is InChI=1S/C16H23N3O/c1-12-5-4-6-15(11-12)8-7-13(2)17-10-9-16-18-14(3)19-20-16/h4-6,11,13,17H,7-10H2,1-3H3. The van der Waals surface area contributed by atoms with Gasteiger partial charge in [-0.3, -0.25) is 0 Å². The van der Waals surface area contributed by atoms with Crippen LogP contribution >= 0.6 is 0 Å². The van der Waals surface area contributed by atoms with Crippen molar-refractivity contribution in [3.63, 3.8) is 0 Å². The van der Waals surface area contributed by atoms with E-state index in [1.807, 2.05) is 6.92 Å². The number of rotatable bonds is 7. The molecule has 0 fully saturated rings. The van der Waals surface area contributed by atoms with Crippen molar-refractivity contribution < 1.29 is 4.52 Å². The highest BCUT2D eigenvalue weighted by Gasteiger charge is 2.05. The van der Waals surface area contributed by atoms with E-state index >= 15 is 0 Å². The molecule has 0 aliphatic rings. The molecule has 0 bridgehead atoms. The van der Waals surface area contributed by atoms with Crippen LogP contribution in [0.3, 0.4) is 0 Å². The van der Waals surface area contributed by atoms with Gasteiger partial charge >= 0.3 is 0 Å². The van der Waals surface area contributed by atoms with E-state index in [-0.39, 0.29) is 0 Å². The molecule has 2 aromatic rings. The Morgan fingerprint density at radius 2 is 2.10 bits per heavy atom. The predicted molar refractivity (Wildman–Crippen MR) is 79.7 cm³/mol. The van der Waals surface area contributed by atoms with Crippen molar-refractivity contribution in [1.82, 2.24) is 15.5 Å². The minimum Gasteiger partial charge on any atom is -0.339 e. The van der Waals surface area contributed by atoms with E-state index in [1.54, 1.807) is 0 Å². The molecular weight excluding hydrogens is 250 g/mol. The Morgan fingerprint density at radius 1 is 1.25 bits per heavy atom. The van der Waals surface area contributed by atoms with E-state index in [0.717, 1.165) is 25.8 Å². The van der Waals surface area contributed by atoms with Gasteiger partial charge in [0, 0.05) is 19.0 Å². The van der Waals surface area contributed by atoms with Crippen molar-refractivity contribution in [3.8, 4) is 0 Å². The normalized spacial score (nSPS) is 12.6. The molecule has 0 aliphatic carbocycles. The Morgan fingerprint density at radius 3 is 2.80 bits per heavy atom. The first kappa shape index (κ1) is 14.7. The quantitative estimate of drug-likeness (QED) is 0.843. The van der Waals surface area contributed by atoms with Crippen molar-refractivity contribution in [2.45, 2.75) is 46.1 Å². The van der Waals surface area contributed by atoms with Gasteiger partial charge in [-0.25, -0.2) is 0 Å². The summed E-state index contributed by atoms with van der Waals surface area (Å²) in [6.07, 6.45) is 3.03. The van der Waals surface area contributed by atoms with Gasteiger partial charge in [-0.2, -0.15) is 4.98 Å². The average molecular weight is 273 g/mol. The Balaban J connectivity index is 1.66. The van der Waals surface area contributed by atoms with Crippen molar-refractivity contribution >= 4 is 0 Å². The molecule has 108 valence electrons. The summed E-state index contributed by atoms with van der Waals surface area (Å²) in [5, 5.41) is 7.28. The lowest BCUT2D eigenvalue weighted by Gasteiger charge is -2.13. The molecule has 1 aromatic carbocycles. The van der Waals surface area contributed by atoms with Gasteiger partial charge in [0.05, 0.1) is 0 Å². The molecule has 0 radical (unpaired) electrons. The van der Waals surface area contributed by atoms with Gasteiger partial charge in [-0.15, -0.1) is 0 Å². The van der Waals surface area contributed by atoms with E-state index in [1.165, 1.54) is 11.1 Å². The van der Waals surface area contributed by atoms with E-state index < -0.39 is 0 Å². The molecule has 0 saturated heterocycles. The molecule has 1 unspecified atom stereocenters. The molecule has 0 saturated carbocycles. The Labute approximate surface area is 120 Å². The predicted octanol–water partition coefficient (Wildman–Crippen LogP) is 2.84. The van der Waals surface area contributed by atoms with Crippen LogP contribution in [0.2, 0.25) is 0 Å². The molecule has 1 heterocycles. The van der Waals surface area contributed by atoms with E-state index in [9.17, 15) is 0 Å². The van der Waals surface area contributed by atoms with Crippen molar-refractivity contribution in [3.05, 3.63) is 47.1 Å². The van der Waals surface area contributed by atoms with Gasteiger partial charge in [-0.1, -0.05) is 35.0 Å². The highest BCUT2D eigenvalue weighted by atomic mass is 16.5. The third-order valence-electron chi connectivity index (χ3n) is 3.35. The zero-order chi connectivity index (χ0) is 14.4. The largest absolute Gasteiger partial charge is 0.339 e. The number of nitrogens with one attached hydrogen (secondary N) is 1. The molecule has 20 heavy (non-hydrogen) atoms. The average Bonchev–Trinajstić information content (AvgIpc) is 2.82. The second-order valence-electron chi connectivity index (χ2n) is 5.37. The molecule has 4 nitrogen and oxygen atoms in total. The van der Waals surface area contributed by atoms with Crippen LogP contribution in [0.15, 0.2) is 28.8 Å². The highest BCUT2D eigenvalue weighted by Crippen LogP contribution is 2.08. The zero-order valence-corrected chi connectivity index (χ0v) is 12.5. The fraction of sp³-hybridized carbons (Fsp3) is 0.500. The van der Waals surface area contributed by atoms with Crippen LogP contribution in [0.4, 0.5) is 0 Å². The van der Waals surface area contributed by atoms with E-state index in [0.29, 0.717) is 17.8 Å². The first-order valence-corrected chi connectivity index (χ1v) is 7.21. The Hall–Kier alpha value is -1.68. The summed E-state index contributed by atoms with van der Waals surface area (Å²) in [6, 6.07) is 9.20. The van der Waals surface area contributed by atoms with Crippen LogP contribution in [0.5, 0.6) is 0 Å².